The smallest absolute Gasteiger partial charge is 0.550 e. The van der Waals surface area contributed by atoms with E-state index in [2.05, 4.69) is 46.1 Å². The van der Waals surface area contributed by atoms with Crippen LogP contribution in [0.2, 0.25) is 0 Å². The molecule has 0 aliphatic heterocycles. The molecule has 3 heteroatoms. The molecule has 23 heavy (non-hydrogen) atoms. The molecule has 2 nitrogen and oxygen atoms in total. The van der Waals surface area contributed by atoms with Crippen LogP contribution in [-0.4, -0.2) is 5.97 Å². The summed E-state index contributed by atoms with van der Waals surface area (Å²) in [6.07, 6.45) is 9.59. The fourth-order valence-corrected chi connectivity index (χ4v) is 4.74. The number of carbonyl (C=O) groups excluding carboxylic acids is 1. The number of carbonyl (C=O) groups is 1. The van der Waals surface area contributed by atoms with E-state index in [-0.39, 0.29) is 46.8 Å². The average Bonchev–Trinajstić information content (AvgIpc) is 2.45. The van der Waals surface area contributed by atoms with Gasteiger partial charge in [0.2, 0.25) is 0 Å². The topological polar surface area (TPSA) is 40.1 Å². The summed E-state index contributed by atoms with van der Waals surface area (Å²) in [7, 11) is 0. The van der Waals surface area contributed by atoms with E-state index in [1.54, 1.807) is 0 Å². The van der Waals surface area contributed by atoms with Gasteiger partial charge in [-0.3, -0.25) is 0 Å². The molecule has 0 aromatic rings. The van der Waals surface area contributed by atoms with E-state index in [1.807, 2.05) is 0 Å². The van der Waals surface area contributed by atoms with E-state index in [9.17, 15) is 9.90 Å². The molecule has 0 saturated heterocycles. The molecule has 0 aromatic heterocycles. The Morgan fingerprint density at radius 2 is 2.13 bits per heavy atom. The van der Waals surface area contributed by atoms with Crippen LogP contribution < -0.4 is 34.7 Å². The van der Waals surface area contributed by atoms with Crippen molar-refractivity contribution in [3.05, 3.63) is 36.5 Å². The van der Waals surface area contributed by atoms with E-state index in [0.29, 0.717) is 18.3 Å². The fraction of sp³-hybridized carbons (Fsp3) is 0.650. The second-order valence-corrected chi connectivity index (χ2v) is 7.92. The molecule has 2 aliphatic carbocycles. The van der Waals surface area contributed by atoms with Crippen LogP contribution in [0, 0.1) is 22.7 Å². The summed E-state index contributed by atoms with van der Waals surface area (Å²) >= 11 is 0. The minimum atomic E-state index is -0.940. The molecular formula is C20H29NaO2. The first-order chi connectivity index (χ1) is 10.2. The number of hydrogen-bond acceptors (Lipinski definition) is 2. The van der Waals surface area contributed by atoms with Crippen molar-refractivity contribution in [1.29, 1.82) is 0 Å². The maximum absolute atomic E-state index is 11.0. The molecule has 0 N–H and O–H groups in total. The molecule has 0 heterocycles. The summed E-state index contributed by atoms with van der Waals surface area (Å²) in [5.74, 6) is -0.103. The van der Waals surface area contributed by atoms with Crippen molar-refractivity contribution < 1.29 is 39.5 Å². The van der Waals surface area contributed by atoms with Crippen molar-refractivity contribution in [2.75, 3.05) is 0 Å². The molecule has 0 radical (unpaired) electrons. The molecule has 2 rings (SSSR count). The molecular weight excluding hydrogens is 295 g/mol. The van der Waals surface area contributed by atoms with Crippen LogP contribution >= 0.6 is 0 Å². The van der Waals surface area contributed by atoms with E-state index in [0.717, 1.165) is 25.7 Å². The van der Waals surface area contributed by atoms with Gasteiger partial charge in [0.05, 0.1) is 0 Å². The standard InChI is InChI=1S/C20H30O2.Na/c1-6-19(4)11-9-17-15(13-19)7-8-16(14(2)3)20(17,5)12-10-18(21)22;/h6-7,16-17H,1-2,8-13H2,3-5H3,(H,21,22);/q;+1/p-1/t16-,17-,19-,20-;/m0./s1. The van der Waals surface area contributed by atoms with Crippen LogP contribution in [0.5, 0.6) is 0 Å². The zero-order valence-electron chi connectivity index (χ0n) is 15.3. The second-order valence-electron chi connectivity index (χ2n) is 7.92. The molecule has 1 fully saturated rings. The van der Waals surface area contributed by atoms with Gasteiger partial charge < -0.3 is 9.90 Å². The van der Waals surface area contributed by atoms with E-state index in [4.69, 9.17) is 0 Å². The Labute approximate surface area is 163 Å². The van der Waals surface area contributed by atoms with Gasteiger partial charge in [-0.25, -0.2) is 0 Å². The van der Waals surface area contributed by atoms with Gasteiger partial charge in [-0.1, -0.05) is 43.7 Å². The van der Waals surface area contributed by atoms with Gasteiger partial charge >= 0.3 is 29.6 Å². The van der Waals surface area contributed by atoms with Crippen LogP contribution in [0.3, 0.4) is 0 Å². The summed E-state index contributed by atoms with van der Waals surface area (Å²) < 4.78 is 0. The zero-order chi connectivity index (χ0) is 16.5. The largest absolute Gasteiger partial charge is 1.00 e. The summed E-state index contributed by atoms with van der Waals surface area (Å²) in [6, 6.07) is 0. The van der Waals surface area contributed by atoms with Crippen molar-refractivity contribution in [2.24, 2.45) is 22.7 Å². The first kappa shape index (κ1) is 20.7. The summed E-state index contributed by atoms with van der Waals surface area (Å²) in [4.78, 5) is 11.0. The van der Waals surface area contributed by atoms with Crippen molar-refractivity contribution in [3.63, 3.8) is 0 Å². The Bertz CT molecular complexity index is 522. The number of carboxylic acid groups (broad SMARTS) is 1. The second kappa shape index (κ2) is 7.72. The van der Waals surface area contributed by atoms with E-state index < -0.39 is 5.97 Å². The molecule has 4 atom stereocenters. The molecule has 0 unspecified atom stereocenters. The fourth-order valence-electron chi connectivity index (χ4n) is 4.74. The van der Waals surface area contributed by atoms with Crippen LogP contribution in [0.4, 0.5) is 0 Å². The third-order valence-electron chi connectivity index (χ3n) is 6.22. The van der Waals surface area contributed by atoms with Crippen LogP contribution in [0.1, 0.15) is 59.3 Å². The first-order valence-electron chi connectivity index (χ1n) is 8.39. The number of aliphatic carboxylic acids is 1. The predicted octanol–water partition coefficient (Wildman–Crippen LogP) is 1.04. The first-order valence-corrected chi connectivity index (χ1v) is 8.39. The van der Waals surface area contributed by atoms with Crippen molar-refractivity contribution >= 4 is 5.97 Å². The van der Waals surface area contributed by atoms with Crippen molar-refractivity contribution in [2.45, 2.75) is 59.3 Å². The average molecular weight is 324 g/mol. The minimum absolute atomic E-state index is 0. The Hall–Kier alpha value is -0.310. The molecule has 122 valence electrons. The third-order valence-corrected chi connectivity index (χ3v) is 6.22. The molecule has 0 aromatic carbocycles. The molecule has 1 saturated carbocycles. The quantitative estimate of drug-likeness (QED) is 0.560. The van der Waals surface area contributed by atoms with Gasteiger partial charge in [-0.05, 0) is 68.1 Å². The Morgan fingerprint density at radius 3 is 2.65 bits per heavy atom. The van der Waals surface area contributed by atoms with E-state index in [1.165, 1.54) is 11.1 Å². The summed E-state index contributed by atoms with van der Waals surface area (Å²) in [6.45, 7) is 14.8. The maximum atomic E-state index is 11.0. The zero-order valence-corrected chi connectivity index (χ0v) is 17.3. The summed E-state index contributed by atoms with van der Waals surface area (Å²) in [5.41, 5.74) is 2.85. The predicted molar refractivity (Wildman–Crippen MR) is 89.0 cm³/mol. The van der Waals surface area contributed by atoms with Gasteiger partial charge in [-0.2, -0.15) is 0 Å². The Kier molecular flexibility index (Phi) is 6.96. The number of hydrogen-bond donors (Lipinski definition) is 0. The van der Waals surface area contributed by atoms with Crippen LogP contribution in [0.15, 0.2) is 36.5 Å². The minimum Gasteiger partial charge on any atom is -0.550 e. The van der Waals surface area contributed by atoms with Gasteiger partial charge in [0.25, 0.3) is 0 Å². The van der Waals surface area contributed by atoms with Crippen LogP contribution in [-0.2, 0) is 4.79 Å². The Morgan fingerprint density at radius 1 is 1.48 bits per heavy atom. The van der Waals surface area contributed by atoms with Gasteiger partial charge in [0, 0.05) is 5.97 Å². The number of carboxylic acids is 1. The van der Waals surface area contributed by atoms with Crippen molar-refractivity contribution in [3.8, 4) is 0 Å². The van der Waals surface area contributed by atoms with E-state index >= 15 is 0 Å². The normalized spacial score (nSPS) is 36.2. The van der Waals surface area contributed by atoms with Gasteiger partial charge in [0.15, 0.2) is 0 Å². The van der Waals surface area contributed by atoms with Crippen molar-refractivity contribution in [1.82, 2.24) is 0 Å². The molecule has 2 aliphatic rings. The summed E-state index contributed by atoms with van der Waals surface area (Å²) in [5, 5.41) is 11.0. The van der Waals surface area contributed by atoms with Gasteiger partial charge in [0.1, 0.15) is 0 Å². The molecule has 0 amide bonds. The van der Waals surface area contributed by atoms with Crippen LogP contribution in [0.25, 0.3) is 0 Å². The number of fused-ring (bicyclic) bond motifs is 1. The third kappa shape index (κ3) is 4.21. The maximum Gasteiger partial charge on any atom is 1.00 e. The molecule has 0 spiro atoms. The number of rotatable bonds is 5. The Balaban J connectivity index is 0.00000264. The monoisotopic (exact) mass is 324 g/mol. The van der Waals surface area contributed by atoms with Gasteiger partial charge in [-0.15, -0.1) is 6.58 Å². The number of allylic oxidation sites excluding steroid dienone is 4. The molecule has 0 bridgehead atoms. The SMILES string of the molecule is C=C[C@@]1(C)CC[C@H]2C(=CC[C@@H](C(=C)C)[C@]2(C)CCC(=O)[O-])C1.[Na+].